The fourth-order valence-corrected chi connectivity index (χ4v) is 2.68. The molecule has 1 aromatic rings. The first-order chi connectivity index (χ1) is 8.24. The molecular formula is C11H20ClN3OS. The fourth-order valence-electron chi connectivity index (χ4n) is 1.61. The predicted molar refractivity (Wildman–Crippen MR) is 73.9 cm³/mol. The number of ether oxygens (including phenoxy) is 1. The van der Waals surface area contributed by atoms with Crippen molar-refractivity contribution < 1.29 is 4.74 Å². The zero-order chi connectivity index (χ0) is 12.7. The van der Waals surface area contributed by atoms with Crippen LogP contribution in [0.25, 0.3) is 0 Å². The number of thioether (sulfide) groups is 1. The molecule has 1 atom stereocenters. The Hall–Kier alpha value is -0.230. The topological polar surface area (TPSA) is 39.1 Å². The van der Waals surface area contributed by atoms with E-state index in [1.165, 1.54) is 0 Å². The van der Waals surface area contributed by atoms with E-state index in [0.717, 1.165) is 28.8 Å². The Kier molecular flexibility index (Phi) is 6.96. The number of halogens is 1. The van der Waals surface area contributed by atoms with Crippen molar-refractivity contribution in [1.82, 2.24) is 15.1 Å². The van der Waals surface area contributed by atoms with Gasteiger partial charge in [0.2, 0.25) is 0 Å². The second-order valence-corrected chi connectivity index (χ2v) is 5.32. The number of hydrogen-bond donors (Lipinski definition) is 1. The van der Waals surface area contributed by atoms with Crippen molar-refractivity contribution in [2.75, 3.05) is 32.3 Å². The van der Waals surface area contributed by atoms with Gasteiger partial charge in [0.05, 0.1) is 36.1 Å². The van der Waals surface area contributed by atoms with Crippen molar-refractivity contribution in [3.05, 3.63) is 16.9 Å². The molecule has 98 valence electrons. The van der Waals surface area contributed by atoms with E-state index in [-0.39, 0.29) is 6.04 Å². The lowest BCUT2D eigenvalue weighted by Crippen LogP contribution is -2.24. The maximum absolute atomic E-state index is 6.20. The van der Waals surface area contributed by atoms with E-state index in [0.29, 0.717) is 6.61 Å². The van der Waals surface area contributed by atoms with Crippen molar-refractivity contribution in [1.29, 1.82) is 0 Å². The number of nitrogens with zero attached hydrogens (tertiary/aromatic N) is 2. The van der Waals surface area contributed by atoms with Crippen LogP contribution in [0.3, 0.4) is 0 Å². The zero-order valence-corrected chi connectivity index (χ0v) is 12.1. The molecule has 1 N–H and O–H groups in total. The van der Waals surface area contributed by atoms with Gasteiger partial charge in [-0.05, 0) is 12.8 Å². The lowest BCUT2D eigenvalue weighted by atomic mass is 10.2. The third-order valence-corrected chi connectivity index (χ3v) is 3.78. The highest BCUT2D eigenvalue weighted by Crippen LogP contribution is 2.25. The zero-order valence-electron chi connectivity index (χ0n) is 10.6. The summed E-state index contributed by atoms with van der Waals surface area (Å²) in [7, 11) is 3.64. The summed E-state index contributed by atoms with van der Waals surface area (Å²) in [4.78, 5) is 0. The van der Waals surface area contributed by atoms with Crippen LogP contribution in [0.5, 0.6) is 0 Å². The molecule has 0 spiro atoms. The van der Waals surface area contributed by atoms with E-state index in [9.17, 15) is 0 Å². The normalized spacial score (nSPS) is 12.9. The van der Waals surface area contributed by atoms with Gasteiger partial charge in [-0.3, -0.25) is 4.68 Å². The van der Waals surface area contributed by atoms with Gasteiger partial charge in [-0.1, -0.05) is 18.5 Å². The highest BCUT2D eigenvalue weighted by molar-refractivity contribution is 7.99. The molecule has 0 amide bonds. The summed E-state index contributed by atoms with van der Waals surface area (Å²) in [6.07, 6.45) is 1.70. The molecule has 17 heavy (non-hydrogen) atoms. The molecule has 1 unspecified atom stereocenters. The Labute approximate surface area is 112 Å². The van der Waals surface area contributed by atoms with Crippen molar-refractivity contribution in [3.63, 3.8) is 0 Å². The minimum absolute atomic E-state index is 0.229. The molecule has 1 aromatic heterocycles. The molecule has 0 aliphatic heterocycles. The van der Waals surface area contributed by atoms with Gasteiger partial charge in [-0.15, -0.1) is 0 Å². The summed E-state index contributed by atoms with van der Waals surface area (Å²) in [5.74, 6) is 2.09. The molecular weight excluding hydrogens is 258 g/mol. The van der Waals surface area contributed by atoms with E-state index < -0.39 is 0 Å². The Bertz CT molecular complexity index is 333. The van der Waals surface area contributed by atoms with Crippen molar-refractivity contribution in [3.8, 4) is 0 Å². The van der Waals surface area contributed by atoms with E-state index in [1.807, 2.05) is 23.5 Å². The molecule has 0 aromatic carbocycles. The van der Waals surface area contributed by atoms with Crippen molar-refractivity contribution in [2.24, 2.45) is 0 Å². The van der Waals surface area contributed by atoms with Gasteiger partial charge in [-0.2, -0.15) is 16.9 Å². The largest absolute Gasteiger partial charge is 0.383 e. The van der Waals surface area contributed by atoms with Gasteiger partial charge in [-0.25, -0.2) is 0 Å². The first-order valence-electron chi connectivity index (χ1n) is 5.69. The summed E-state index contributed by atoms with van der Waals surface area (Å²) in [6, 6.07) is 0.229. The van der Waals surface area contributed by atoms with Crippen LogP contribution in [-0.2, 0) is 11.3 Å². The van der Waals surface area contributed by atoms with Crippen LogP contribution in [0.1, 0.15) is 18.7 Å². The summed E-state index contributed by atoms with van der Waals surface area (Å²) >= 11 is 8.09. The first kappa shape index (κ1) is 14.8. The van der Waals surface area contributed by atoms with Gasteiger partial charge < -0.3 is 10.1 Å². The molecule has 0 aliphatic rings. The maximum Gasteiger partial charge on any atom is 0.0834 e. The Balaban J connectivity index is 2.80. The van der Waals surface area contributed by atoms with Crippen LogP contribution in [0, 0.1) is 0 Å². The molecule has 0 saturated carbocycles. The number of methoxy groups -OCH3 is 1. The maximum atomic E-state index is 6.20. The van der Waals surface area contributed by atoms with Crippen LogP contribution < -0.4 is 5.32 Å². The van der Waals surface area contributed by atoms with Crippen molar-refractivity contribution in [2.45, 2.75) is 19.5 Å². The molecule has 0 fully saturated rings. The smallest absolute Gasteiger partial charge is 0.0834 e. The van der Waals surface area contributed by atoms with Gasteiger partial charge >= 0.3 is 0 Å². The second kappa shape index (κ2) is 7.97. The fraction of sp³-hybridized carbons (Fsp3) is 0.727. The van der Waals surface area contributed by atoms with E-state index in [1.54, 1.807) is 13.3 Å². The lowest BCUT2D eigenvalue weighted by Gasteiger charge is -2.18. The van der Waals surface area contributed by atoms with Crippen LogP contribution >= 0.6 is 23.4 Å². The summed E-state index contributed by atoms with van der Waals surface area (Å²) in [6.45, 7) is 3.52. The second-order valence-electron chi connectivity index (χ2n) is 3.59. The number of nitrogens with one attached hydrogen (secondary N) is 1. The molecule has 1 heterocycles. The molecule has 0 saturated heterocycles. The highest BCUT2D eigenvalue weighted by Gasteiger charge is 2.18. The average molecular weight is 278 g/mol. The monoisotopic (exact) mass is 277 g/mol. The van der Waals surface area contributed by atoms with Gasteiger partial charge in [0.1, 0.15) is 0 Å². The third-order valence-electron chi connectivity index (χ3n) is 2.51. The Morgan fingerprint density at radius 1 is 1.65 bits per heavy atom. The SMILES string of the molecule is CCSCC(NC)c1c(Cl)cnn1CCOC. The summed E-state index contributed by atoms with van der Waals surface area (Å²) in [5.41, 5.74) is 1.05. The predicted octanol–water partition coefficient (Wildman–Crippen LogP) is 2.20. The van der Waals surface area contributed by atoms with Crippen LogP contribution in [0.15, 0.2) is 6.20 Å². The van der Waals surface area contributed by atoms with Crippen molar-refractivity contribution >= 4 is 23.4 Å². The standard InChI is InChI=1S/C11H20ClN3OS/c1-4-17-8-10(13-2)11-9(12)7-14-15(11)5-6-16-3/h7,10,13H,4-6,8H2,1-3H3. The quantitative estimate of drug-likeness (QED) is 0.791. The van der Waals surface area contributed by atoms with Gasteiger partial charge in [0, 0.05) is 12.9 Å². The highest BCUT2D eigenvalue weighted by atomic mass is 35.5. The minimum Gasteiger partial charge on any atom is -0.383 e. The summed E-state index contributed by atoms with van der Waals surface area (Å²) in [5, 5.41) is 8.30. The number of rotatable bonds is 8. The summed E-state index contributed by atoms with van der Waals surface area (Å²) < 4.78 is 6.99. The number of aromatic nitrogens is 2. The van der Waals surface area contributed by atoms with E-state index >= 15 is 0 Å². The third kappa shape index (κ3) is 4.17. The molecule has 0 radical (unpaired) electrons. The van der Waals surface area contributed by atoms with E-state index in [2.05, 4.69) is 17.3 Å². The minimum atomic E-state index is 0.229. The molecule has 0 bridgehead atoms. The van der Waals surface area contributed by atoms with Gasteiger partial charge in [0.15, 0.2) is 0 Å². The molecule has 1 rings (SSSR count). The first-order valence-corrected chi connectivity index (χ1v) is 7.23. The van der Waals surface area contributed by atoms with Crippen LogP contribution in [-0.4, -0.2) is 42.1 Å². The van der Waals surface area contributed by atoms with Crippen LogP contribution in [0.4, 0.5) is 0 Å². The van der Waals surface area contributed by atoms with E-state index in [4.69, 9.17) is 16.3 Å². The average Bonchev–Trinajstić information content (AvgIpc) is 2.70. The Morgan fingerprint density at radius 2 is 2.41 bits per heavy atom. The molecule has 4 nitrogen and oxygen atoms in total. The molecule has 0 aliphatic carbocycles. The number of hydrogen-bond acceptors (Lipinski definition) is 4. The lowest BCUT2D eigenvalue weighted by molar-refractivity contribution is 0.182. The van der Waals surface area contributed by atoms with Crippen LogP contribution in [0.2, 0.25) is 5.02 Å². The van der Waals surface area contributed by atoms with Gasteiger partial charge in [0.25, 0.3) is 0 Å². The molecule has 6 heteroatoms. The Morgan fingerprint density at radius 3 is 3.00 bits per heavy atom.